The predicted molar refractivity (Wildman–Crippen MR) is 110 cm³/mol. The monoisotopic (exact) mass is 407 g/mol. The summed E-state index contributed by atoms with van der Waals surface area (Å²) in [7, 11) is 0. The Bertz CT molecular complexity index is 688. The molecule has 0 aliphatic heterocycles. The van der Waals surface area contributed by atoms with Crippen LogP contribution in [0.4, 0.5) is 0 Å². The highest BCUT2D eigenvalue weighted by molar-refractivity contribution is 5.91. The first-order chi connectivity index (χ1) is 13.5. The lowest BCUT2D eigenvalue weighted by molar-refractivity contribution is -0.142. The number of carboxylic acid groups (broad SMARTS) is 1. The molecule has 162 valence electrons. The quantitative estimate of drug-likeness (QED) is 0.375. The van der Waals surface area contributed by atoms with Crippen molar-refractivity contribution < 1.29 is 24.6 Å². The number of amides is 2. The summed E-state index contributed by atoms with van der Waals surface area (Å²) in [4.78, 5) is 36.7. The van der Waals surface area contributed by atoms with Gasteiger partial charge in [0.15, 0.2) is 0 Å². The number of carbonyl (C=O) groups is 3. The van der Waals surface area contributed by atoms with Gasteiger partial charge in [0.1, 0.15) is 17.8 Å². The van der Waals surface area contributed by atoms with Crippen LogP contribution in [-0.4, -0.2) is 46.1 Å². The van der Waals surface area contributed by atoms with Gasteiger partial charge in [0.2, 0.25) is 11.8 Å². The van der Waals surface area contributed by atoms with E-state index in [-0.39, 0.29) is 24.0 Å². The highest BCUT2D eigenvalue weighted by Crippen LogP contribution is 2.12. The van der Waals surface area contributed by atoms with Crippen LogP contribution in [0.3, 0.4) is 0 Å². The van der Waals surface area contributed by atoms with Gasteiger partial charge in [0, 0.05) is 6.42 Å². The van der Waals surface area contributed by atoms with Gasteiger partial charge in [-0.1, -0.05) is 39.8 Å². The van der Waals surface area contributed by atoms with Crippen molar-refractivity contribution in [1.82, 2.24) is 10.6 Å². The molecule has 0 saturated carbocycles. The minimum atomic E-state index is -1.18. The van der Waals surface area contributed by atoms with E-state index in [1.807, 2.05) is 27.7 Å². The maximum absolute atomic E-state index is 12.7. The van der Waals surface area contributed by atoms with E-state index in [9.17, 15) is 24.6 Å². The normalized spacial score (nSPS) is 14.3. The standard InChI is InChI=1S/C21H33N3O5/c1-12(2)9-16(22)19(26)23-17(10-13(3)4)20(27)24-18(21(28)29)11-14-5-7-15(25)8-6-14/h5-8,12-13,16-18,25H,9-11,22H2,1-4H3,(H,23,26)(H,24,27)(H,28,29)/t16-,17-,18-/m1/s1. The minimum Gasteiger partial charge on any atom is -0.508 e. The Hall–Kier alpha value is -2.61. The number of nitrogens with one attached hydrogen (secondary N) is 2. The van der Waals surface area contributed by atoms with Crippen LogP contribution in [0.25, 0.3) is 0 Å². The number of rotatable bonds is 11. The molecule has 0 heterocycles. The lowest BCUT2D eigenvalue weighted by Crippen LogP contribution is -2.55. The average molecular weight is 408 g/mol. The molecule has 6 N–H and O–H groups in total. The van der Waals surface area contributed by atoms with Crippen LogP contribution in [0.15, 0.2) is 24.3 Å². The number of carbonyl (C=O) groups excluding carboxylic acids is 2. The van der Waals surface area contributed by atoms with Gasteiger partial charge in [0.05, 0.1) is 6.04 Å². The zero-order valence-corrected chi connectivity index (χ0v) is 17.5. The second kappa shape index (κ2) is 11.4. The molecule has 0 aliphatic carbocycles. The van der Waals surface area contributed by atoms with E-state index < -0.39 is 35.9 Å². The minimum absolute atomic E-state index is 0.0521. The molecule has 0 radical (unpaired) electrons. The molecule has 29 heavy (non-hydrogen) atoms. The van der Waals surface area contributed by atoms with Crippen molar-refractivity contribution >= 4 is 17.8 Å². The maximum Gasteiger partial charge on any atom is 0.326 e. The van der Waals surface area contributed by atoms with E-state index in [1.165, 1.54) is 12.1 Å². The van der Waals surface area contributed by atoms with Crippen LogP contribution in [0.1, 0.15) is 46.1 Å². The van der Waals surface area contributed by atoms with Crippen molar-refractivity contribution in [3.8, 4) is 5.75 Å². The van der Waals surface area contributed by atoms with E-state index in [1.54, 1.807) is 12.1 Å². The van der Waals surface area contributed by atoms with Crippen molar-refractivity contribution in [2.45, 2.75) is 65.1 Å². The van der Waals surface area contributed by atoms with Crippen molar-refractivity contribution in [2.75, 3.05) is 0 Å². The van der Waals surface area contributed by atoms with Gasteiger partial charge in [-0.2, -0.15) is 0 Å². The number of phenolic OH excluding ortho intramolecular Hbond substituents is 1. The highest BCUT2D eigenvalue weighted by Gasteiger charge is 2.28. The highest BCUT2D eigenvalue weighted by atomic mass is 16.4. The molecule has 1 aromatic rings. The van der Waals surface area contributed by atoms with Crippen molar-refractivity contribution in [3.05, 3.63) is 29.8 Å². The second-order valence-corrected chi connectivity index (χ2v) is 8.20. The SMILES string of the molecule is CC(C)C[C@@H](N)C(=O)N[C@H](CC(C)C)C(=O)N[C@H](Cc1ccc(O)cc1)C(=O)O. The number of phenols is 1. The molecule has 0 unspecified atom stereocenters. The largest absolute Gasteiger partial charge is 0.508 e. The summed E-state index contributed by atoms with van der Waals surface area (Å²) in [5, 5.41) is 24.0. The number of aliphatic carboxylic acids is 1. The molecule has 3 atom stereocenters. The van der Waals surface area contributed by atoms with E-state index >= 15 is 0 Å². The molecule has 0 saturated heterocycles. The molecule has 0 spiro atoms. The fraction of sp³-hybridized carbons (Fsp3) is 0.571. The number of benzene rings is 1. The topological polar surface area (TPSA) is 142 Å². The fourth-order valence-electron chi connectivity index (χ4n) is 2.94. The molecular weight excluding hydrogens is 374 g/mol. The molecule has 1 rings (SSSR count). The number of carboxylic acids is 1. The van der Waals surface area contributed by atoms with Gasteiger partial charge >= 0.3 is 5.97 Å². The Morgan fingerprint density at radius 2 is 1.41 bits per heavy atom. The lowest BCUT2D eigenvalue weighted by atomic mass is 9.99. The molecule has 2 amide bonds. The fourth-order valence-corrected chi connectivity index (χ4v) is 2.94. The molecule has 0 fully saturated rings. The van der Waals surface area contributed by atoms with Crippen molar-refractivity contribution in [1.29, 1.82) is 0 Å². The van der Waals surface area contributed by atoms with Gasteiger partial charge in [0.25, 0.3) is 0 Å². The van der Waals surface area contributed by atoms with Gasteiger partial charge in [-0.25, -0.2) is 4.79 Å². The summed E-state index contributed by atoms with van der Waals surface area (Å²) in [5.74, 6) is -1.76. The third-order valence-corrected chi connectivity index (χ3v) is 4.39. The Morgan fingerprint density at radius 1 is 0.897 bits per heavy atom. The zero-order chi connectivity index (χ0) is 22.1. The Balaban J connectivity index is 2.85. The van der Waals surface area contributed by atoms with Crippen molar-refractivity contribution in [2.24, 2.45) is 17.6 Å². The second-order valence-electron chi connectivity index (χ2n) is 8.20. The summed E-state index contributed by atoms with van der Waals surface area (Å²) in [6.07, 6.45) is 0.897. The smallest absolute Gasteiger partial charge is 0.326 e. The van der Waals surface area contributed by atoms with Crippen LogP contribution in [0, 0.1) is 11.8 Å². The van der Waals surface area contributed by atoms with Crippen LogP contribution in [0.5, 0.6) is 5.75 Å². The molecular formula is C21H33N3O5. The first-order valence-electron chi connectivity index (χ1n) is 9.86. The maximum atomic E-state index is 12.7. The van der Waals surface area contributed by atoms with Crippen LogP contribution in [-0.2, 0) is 20.8 Å². The first kappa shape index (κ1) is 24.4. The molecule has 8 nitrogen and oxygen atoms in total. The summed E-state index contributed by atoms with van der Waals surface area (Å²) >= 11 is 0. The van der Waals surface area contributed by atoms with Gasteiger partial charge < -0.3 is 26.6 Å². The zero-order valence-electron chi connectivity index (χ0n) is 17.5. The van der Waals surface area contributed by atoms with Crippen LogP contribution in [0.2, 0.25) is 0 Å². The molecule has 1 aromatic carbocycles. The van der Waals surface area contributed by atoms with Crippen LogP contribution >= 0.6 is 0 Å². The number of hydrogen-bond acceptors (Lipinski definition) is 5. The molecule has 0 aliphatic rings. The summed E-state index contributed by atoms with van der Waals surface area (Å²) < 4.78 is 0. The van der Waals surface area contributed by atoms with Gasteiger partial charge in [-0.3, -0.25) is 9.59 Å². The van der Waals surface area contributed by atoms with E-state index in [4.69, 9.17) is 5.73 Å². The first-order valence-corrected chi connectivity index (χ1v) is 9.86. The Kier molecular flexibility index (Phi) is 9.61. The predicted octanol–water partition coefficient (Wildman–Crippen LogP) is 1.41. The lowest BCUT2D eigenvalue weighted by Gasteiger charge is -2.24. The summed E-state index contributed by atoms with van der Waals surface area (Å²) in [6.45, 7) is 7.72. The molecule has 0 bridgehead atoms. The van der Waals surface area contributed by atoms with E-state index in [0.29, 0.717) is 18.4 Å². The third kappa shape index (κ3) is 8.95. The number of aromatic hydroxyl groups is 1. The van der Waals surface area contributed by atoms with E-state index in [2.05, 4.69) is 10.6 Å². The van der Waals surface area contributed by atoms with Gasteiger partial charge in [-0.05, 0) is 42.4 Å². The average Bonchev–Trinajstić information content (AvgIpc) is 2.61. The number of nitrogens with two attached hydrogens (primary N) is 1. The van der Waals surface area contributed by atoms with Crippen LogP contribution < -0.4 is 16.4 Å². The van der Waals surface area contributed by atoms with Crippen molar-refractivity contribution in [3.63, 3.8) is 0 Å². The third-order valence-electron chi connectivity index (χ3n) is 4.39. The summed E-state index contributed by atoms with van der Waals surface area (Å²) in [5.41, 5.74) is 6.55. The Labute approximate surface area is 171 Å². The van der Waals surface area contributed by atoms with E-state index in [0.717, 1.165) is 0 Å². The Morgan fingerprint density at radius 3 is 1.90 bits per heavy atom. The number of hydrogen-bond donors (Lipinski definition) is 5. The molecule has 8 heteroatoms. The van der Waals surface area contributed by atoms with Gasteiger partial charge in [-0.15, -0.1) is 0 Å². The summed E-state index contributed by atoms with van der Waals surface area (Å²) in [6, 6.07) is 3.32. The molecule has 0 aromatic heterocycles.